The Labute approximate surface area is 106 Å². The number of anilines is 2. The lowest BCUT2D eigenvalue weighted by Gasteiger charge is -2.11. The number of nitrogens with zero attached hydrogens (tertiary/aromatic N) is 2. The maximum absolute atomic E-state index is 5.67. The van der Waals surface area contributed by atoms with E-state index in [1.165, 1.54) is 5.56 Å². The first-order chi connectivity index (χ1) is 8.58. The van der Waals surface area contributed by atoms with Gasteiger partial charge in [0.2, 0.25) is 5.89 Å². The number of nitrogens with one attached hydrogen (secondary N) is 1. The van der Waals surface area contributed by atoms with Crippen molar-refractivity contribution in [1.29, 1.82) is 0 Å². The van der Waals surface area contributed by atoms with Crippen LogP contribution in [0.3, 0.4) is 0 Å². The van der Waals surface area contributed by atoms with Crippen molar-refractivity contribution in [1.82, 2.24) is 10.2 Å². The summed E-state index contributed by atoms with van der Waals surface area (Å²) in [4.78, 5) is 0. The number of rotatable bonds is 4. The quantitative estimate of drug-likeness (QED) is 0.867. The molecule has 3 N–H and O–H groups in total. The molecular formula is C13H18N4O. The monoisotopic (exact) mass is 246 g/mol. The highest BCUT2D eigenvalue weighted by molar-refractivity contribution is 5.58. The molecule has 1 unspecified atom stereocenters. The number of hydrogen-bond acceptors (Lipinski definition) is 5. The minimum atomic E-state index is -0.256. The average Bonchev–Trinajstić information content (AvgIpc) is 2.78. The Hall–Kier alpha value is -1.88. The van der Waals surface area contributed by atoms with Gasteiger partial charge in [-0.3, -0.25) is 0 Å². The summed E-state index contributed by atoms with van der Waals surface area (Å²) in [7, 11) is 0. The highest BCUT2D eigenvalue weighted by atomic mass is 16.4. The minimum Gasteiger partial charge on any atom is -0.406 e. The van der Waals surface area contributed by atoms with Crippen molar-refractivity contribution in [3.05, 3.63) is 35.7 Å². The van der Waals surface area contributed by atoms with Crippen LogP contribution in [0.5, 0.6) is 0 Å². The fraction of sp³-hybridized carbons (Fsp3) is 0.385. The first kappa shape index (κ1) is 12.6. The van der Waals surface area contributed by atoms with E-state index in [0.717, 1.165) is 5.69 Å². The third kappa shape index (κ3) is 2.68. The van der Waals surface area contributed by atoms with Crippen LogP contribution in [0.15, 0.2) is 28.7 Å². The second-order valence-electron chi connectivity index (χ2n) is 4.60. The molecule has 18 heavy (non-hydrogen) atoms. The van der Waals surface area contributed by atoms with E-state index in [9.17, 15) is 0 Å². The third-order valence-electron chi connectivity index (χ3n) is 2.65. The summed E-state index contributed by atoms with van der Waals surface area (Å²) in [5.74, 6) is 0.851. The van der Waals surface area contributed by atoms with Crippen LogP contribution in [0, 0.1) is 0 Å². The van der Waals surface area contributed by atoms with Crippen LogP contribution in [0.4, 0.5) is 11.7 Å². The van der Waals surface area contributed by atoms with Gasteiger partial charge in [-0.1, -0.05) is 37.1 Å². The standard InChI is InChI=1S/C13H18N4O/c1-8(2)10-6-4-5-7-11(10)15-13-17-16-12(18-13)9(3)14/h4-9H,14H2,1-3H3,(H,15,17). The molecule has 1 atom stereocenters. The summed E-state index contributed by atoms with van der Waals surface area (Å²) in [6.45, 7) is 6.09. The van der Waals surface area contributed by atoms with E-state index in [4.69, 9.17) is 10.2 Å². The Kier molecular flexibility index (Phi) is 3.62. The van der Waals surface area contributed by atoms with Crippen molar-refractivity contribution in [3.8, 4) is 0 Å². The van der Waals surface area contributed by atoms with E-state index in [1.807, 2.05) is 18.2 Å². The molecule has 0 amide bonds. The van der Waals surface area contributed by atoms with Crippen molar-refractivity contribution in [2.24, 2.45) is 5.73 Å². The molecule has 0 saturated carbocycles. The van der Waals surface area contributed by atoms with Crippen LogP contribution in [0.1, 0.15) is 44.2 Å². The maximum Gasteiger partial charge on any atom is 0.320 e. The van der Waals surface area contributed by atoms with Crippen LogP contribution in [0.2, 0.25) is 0 Å². The van der Waals surface area contributed by atoms with Crippen molar-refractivity contribution < 1.29 is 4.42 Å². The van der Waals surface area contributed by atoms with Crippen LogP contribution in [-0.2, 0) is 0 Å². The van der Waals surface area contributed by atoms with Crippen LogP contribution in [0.25, 0.3) is 0 Å². The molecule has 0 bridgehead atoms. The molecule has 2 rings (SSSR count). The molecule has 5 heteroatoms. The smallest absolute Gasteiger partial charge is 0.320 e. The van der Waals surface area contributed by atoms with Gasteiger partial charge in [-0.05, 0) is 24.5 Å². The maximum atomic E-state index is 5.67. The Morgan fingerprint density at radius 2 is 1.89 bits per heavy atom. The van der Waals surface area contributed by atoms with Crippen molar-refractivity contribution in [2.75, 3.05) is 5.32 Å². The normalized spacial score (nSPS) is 12.7. The van der Waals surface area contributed by atoms with Crippen LogP contribution >= 0.6 is 0 Å². The minimum absolute atomic E-state index is 0.256. The van der Waals surface area contributed by atoms with Gasteiger partial charge in [0.1, 0.15) is 0 Å². The lowest BCUT2D eigenvalue weighted by Crippen LogP contribution is -2.04. The van der Waals surface area contributed by atoms with Gasteiger partial charge in [0.05, 0.1) is 6.04 Å². The topological polar surface area (TPSA) is 77.0 Å². The molecule has 5 nitrogen and oxygen atoms in total. The van der Waals surface area contributed by atoms with Crippen molar-refractivity contribution in [3.63, 3.8) is 0 Å². The van der Waals surface area contributed by atoms with E-state index in [-0.39, 0.29) is 6.04 Å². The van der Waals surface area contributed by atoms with Gasteiger partial charge in [0.25, 0.3) is 0 Å². The molecule has 1 heterocycles. The Bertz CT molecular complexity index is 519. The highest BCUT2D eigenvalue weighted by Crippen LogP contribution is 2.26. The molecule has 0 spiro atoms. The molecule has 0 aliphatic carbocycles. The average molecular weight is 246 g/mol. The first-order valence-electron chi connectivity index (χ1n) is 6.03. The largest absolute Gasteiger partial charge is 0.406 e. The van der Waals surface area contributed by atoms with E-state index < -0.39 is 0 Å². The number of hydrogen-bond donors (Lipinski definition) is 2. The van der Waals surface area contributed by atoms with Gasteiger partial charge in [-0.2, -0.15) is 0 Å². The van der Waals surface area contributed by atoms with Crippen LogP contribution < -0.4 is 11.1 Å². The van der Waals surface area contributed by atoms with Gasteiger partial charge >= 0.3 is 6.01 Å². The summed E-state index contributed by atoms with van der Waals surface area (Å²) in [6.07, 6.45) is 0. The summed E-state index contributed by atoms with van der Waals surface area (Å²) in [5, 5.41) is 10.9. The number of aromatic nitrogens is 2. The van der Waals surface area contributed by atoms with Gasteiger partial charge < -0.3 is 15.5 Å². The van der Waals surface area contributed by atoms with E-state index >= 15 is 0 Å². The van der Waals surface area contributed by atoms with Crippen LogP contribution in [-0.4, -0.2) is 10.2 Å². The van der Waals surface area contributed by atoms with Gasteiger partial charge in [-0.25, -0.2) is 0 Å². The van der Waals surface area contributed by atoms with Crippen molar-refractivity contribution in [2.45, 2.75) is 32.7 Å². The molecule has 1 aromatic carbocycles. The summed E-state index contributed by atoms with van der Waals surface area (Å²) in [6, 6.07) is 8.17. The van der Waals surface area contributed by atoms with Gasteiger partial charge in [-0.15, -0.1) is 5.10 Å². The zero-order valence-electron chi connectivity index (χ0n) is 10.8. The molecule has 0 aliphatic rings. The number of nitrogens with two attached hydrogens (primary N) is 1. The van der Waals surface area contributed by atoms with Gasteiger partial charge in [0, 0.05) is 5.69 Å². The molecule has 0 saturated heterocycles. The summed E-state index contributed by atoms with van der Waals surface area (Å²) < 4.78 is 5.43. The molecular weight excluding hydrogens is 228 g/mol. The van der Waals surface area contributed by atoms with E-state index in [1.54, 1.807) is 6.92 Å². The predicted octanol–water partition coefficient (Wildman–Crippen LogP) is 2.96. The Morgan fingerprint density at radius 3 is 2.50 bits per heavy atom. The zero-order chi connectivity index (χ0) is 13.1. The third-order valence-corrected chi connectivity index (χ3v) is 2.65. The zero-order valence-corrected chi connectivity index (χ0v) is 10.8. The summed E-state index contributed by atoms with van der Waals surface area (Å²) >= 11 is 0. The van der Waals surface area contributed by atoms with Gasteiger partial charge in [0.15, 0.2) is 0 Å². The lowest BCUT2D eigenvalue weighted by atomic mass is 10.0. The fourth-order valence-electron chi connectivity index (χ4n) is 1.70. The number of para-hydroxylation sites is 1. The van der Waals surface area contributed by atoms with E-state index in [0.29, 0.717) is 17.8 Å². The molecule has 1 aromatic heterocycles. The Balaban J connectivity index is 2.23. The molecule has 0 radical (unpaired) electrons. The predicted molar refractivity (Wildman–Crippen MR) is 70.7 cm³/mol. The SMILES string of the molecule is CC(C)c1ccccc1Nc1nnc(C(C)N)o1. The van der Waals surface area contributed by atoms with E-state index in [2.05, 4.69) is 35.4 Å². The number of benzene rings is 1. The lowest BCUT2D eigenvalue weighted by molar-refractivity contribution is 0.475. The Morgan fingerprint density at radius 1 is 1.17 bits per heavy atom. The first-order valence-corrected chi connectivity index (χ1v) is 6.03. The molecule has 0 aliphatic heterocycles. The highest BCUT2D eigenvalue weighted by Gasteiger charge is 2.12. The summed E-state index contributed by atoms with van der Waals surface area (Å²) in [5.41, 5.74) is 7.86. The molecule has 2 aromatic rings. The fourth-order valence-corrected chi connectivity index (χ4v) is 1.70. The second-order valence-corrected chi connectivity index (χ2v) is 4.60. The second kappa shape index (κ2) is 5.18. The molecule has 0 fully saturated rings. The van der Waals surface area contributed by atoms with Crippen molar-refractivity contribution >= 4 is 11.7 Å². The molecule has 96 valence electrons.